The average Bonchev–Trinajstić information content (AvgIpc) is 2.97. The topological polar surface area (TPSA) is 46.5 Å². The van der Waals surface area contributed by atoms with Crippen LogP contribution in [-0.4, -0.2) is 18.2 Å². The Morgan fingerprint density at radius 3 is 2.62 bits per heavy atom. The van der Waals surface area contributed by atoms with Crippen LogP contribution in [-0.2, 0) is 10.2 Å². The van der Waals surface area contributed by atoms with Gasteiger partial charge in [0.05, 0.1) is 12.5 Å². The SMILES string of the molecule is COc1c(F)cc(Cl)cc1C1(C(=O)O)CC1. The van der Waals surface area contributed by atoms with Gasteiger partial charge in [0, 0.05) is 10.6 Å². The molecule has 0 aliphatic heterocycles. The fourth-order valence-corrected chi connectivity index (χ4v) is 2.05. The van der Waals surface area contributed by atoms with Gasteiger partial charge in [-0.25, -0.2) is 4.39 Å². The lowest BCUT2D eigenvalue weighted by Crippen LogP contribution is -2.20. The van der Waals surface area contributed by atoms with Crippen molar-refractivity contribution in [2.75, 3.05) is 7.11 Å². The maximum absolute atomic E-state index is 13.5. The Morgan fingerprint density at radius 1 is 1.56 bits per heavy atom. The largest absolute Gasteiger partial charge is 0.493 e. The Hall–Kier alpha value is -1.29. The number of aliphatic carboxylic acids is 1. The summed E-state index contributed by atoms with van der Waals surface area (Å²) in [6.45, 7) is 0. The van der Waals surface area contributed by atoms with Gasteiger partial charge in [-0.2, -0.15) is 0 Å². The molecule has 1 fully saturated rings. The summed E-state index contributed by atoms with van der Waals surface area (Å²) in [4.78, 5) is 11.2. The van der Waals surface area contributed by atoms with Crippen LogP contribution < -0.4 is 4.74 Å². The number of ether oxygens (including phenoxy) is 1. The second-order valence-electron chi connectivity index (χ2n) is 3.86. The molecule has 0 aromatic heterocycles. The van der Waals surface area contributed by atoms with E-state index < -0.39 is 17.2 Å². The second-order valence-corrected chi connectivity index (χ2v) is 4.29. The molecule has 1 N–H and O–H groups in total. The summed E-state index contributed by atoms with van der Waals surface area (Å²) >= 11 is 5.73. The first-order valence-corrected chi connectivity index (χ1v) is 5.16. The second kappa shape index (κ2) is 3.63. The molecule has 0 atom stereocenters. The summed E-state index contributed by atoms with van der Waals surface area (Å²) in [7, 11) is 1.31. The first-order chi connectivity index (χ1) is 7.51. The predicted octanol–water partition coefficient (Wildman–Crippen LogP) is 2.60. The molecule has 1 aromatic rings. The van der Waals surface area contributed by atoms with E-state index in [1.54, 1.807) is 0 Å². The third-order valence-electron chi connectivity index (χ3n) is 2.89. The Bertz CT molecular complexity index is 455. The highest BCUT2D eigenvalue weighted by molar-refractivity contribution is 6.30. The third-order valence-corrected chi connectivity index (χ3v) is 3.11. The van der Waals surface area contributed by atoms with Gasteiger partial charge in [-0.05, 0) is 25.0 Å². The van der Waals surface area contributed by atoms with Crippen LogP contribution in [0.1, 0.15) is 18.4 Å². The number of rotatable bonds is 3. The van der Waals surface area contributed by atoms with Crippen molar-refractivity contribution in [2.24, 2.45) is 0 Å². The van der Waals surface area contributed by atoms with E-state index in [1.807, 2.05) is 0 Å². The Balaban J connectivity index is 2.60. The van der Waals surface area contributed by atoms with E-state index in [-0.39, 0.29) is 10.8 Å². The minimum Gasteiger partial charge on any atom is -0.493 e. The summed E-state index contributed by atoms with van der Waals surface area (Å²) in [5, 5.41) is 9.32. The molecule has 2 rings (SSSR count). The zero-order chi connectivity index (χ0) is 11.9. The average molecular weight is 245 g/mol. The van der Waals surface area contributed by atoms with Gasteiger partial charge >= 0.3 is 5.97 Å². The number of carboxylic acid groups (broad SMARTS) is 1. The fourth-order valence-electron chi connectivity index (χ4n) is 1.85. The van der Waals surface area contributed by atoms with E-state index in [0.29, 0.717) is 18.4 Å². The van der Waals surface area contributed by atoms with E-state index in [2.05, 4.69) is 0 Å². The number of carboxylic acids is 1. The predicted molar refractivity (Wildman–Crippen MR) is 56.5 cm³/mol. The van der Waals surface area contributed by atoms with Gasteiger partial charge < -0.3 is 9.84 Å². The van der Waals surface area contributed by atoms with Gasteiger partial charge in [-0.15, -0.1) is 0 Å². The number of benzene rings is 1. The lowest BCUT2D eigenvalue weighted by molar-refractivity contribution is -0.140. The molecule has 1 aromatic carbocycles. The van der Waals surface area contributed by atoms with Crippen molar-refractivity contribution in [1.82, 2.24) is 0 Å². The van der Waals surface area contributed by atoms with Crippen molar-refractivity contribution in [3.63, 3.8) is 0 Å². The number of carbonyl (C=O) groups is 1. The molecule has 0 saturated heterocycles. The quantitative estimate of drug-likeness (QED) is 0.889. The van der Waals surface area contributed by atoms with Crippen LogP contribution in [0.15, 0.2) is 12.1 Å². The van der Waals surface area contributed by atoms with Crippen LogP contribution >= 0.6 is 11.6 Å². The zero-order valence-electron chi connectivity index (χ0n) is 8.59. The molecule has 1 aliphatic carbocycles. The van der Waals surface area contributed by atoms with E-state index in [4.69, 9.17) is 21.4 Å². The maximum atomic E-state index is 13.5. The van der Waals surface area contributed by atoms with Crippen LogP contribution in [0.4, 0.5) is 4.39 Å². The first-order valence-electron chi connectivity index (χ1n) is 4.78. The summed E-state index contributed by atoms with van der Waals surface area (Å²) in [5.74, 6) is -1.62. The van der Waals surface area contributed by atoms with Crippen molar-refractivity contribution in [2.45, 2.75) is 18.3 Å². The van der Waals surface area contributed by atoms with Crippen molar-refractivity contribution >= 4 is 17.6 Å². The molecule has 3 nitrogen and oxygen atoms in total. The van der Waals surface area contributed by atoms with Crippen molar-refractivity contribution in [3.8, 4) is 5.75 Å². The van der Waals surface area contributed by atoms with Crippen LogP contribution in [0.2, 0.25) is 5.02 Å². The fraction of sp³-hybridized carbons (Fsp3) is 0.364. The molecule has 86 valence electrons. The van der Waals surface area contributed by atoms with Crippen LogP contribution in [0.25, 0.3) is 0 Å². The molecular formula is C11H10ClFO3. The Kier molecular flexibility index (Phi) is 2.54. The van der Waals surface area contributed by atoms with Crippen LogP contribution in [0, 0.1) is 5.82 Å². The molecule has 1 aliphatic rings. The normalized spacial score (nSPS) is 16.9. The lowest BCUT2D eigenvalue weighted by Gasteiger charge is -2.15. The third kappa shape index (κ3) is 1.53. The molecule has 5 heteroatoms. The number of methoxy groups -OCH3 is 1. The molecule has 16 heavy (non-hydrogen) atoms. The molecule has 0 spiro atoms. The molecule has 0 radical (unpaired) electrons. The number of hydrogen-bond acceptors (Lipinski definition) is 2. The number of hydrogen-bond donors (Lipinski definition) is 1. The van der Waals surface area contributed by atoms with E-state index in [1.165, 1.54) is 13.2 Å². The van der Waals surface area contributed by atoms with Gasteiger partial charge in [0.2, 0.25) is 0 Å². The van der Waals surface area contributed by atoms with Crippen LogP contribution in [0.3, 0.4) is 0 Å². The molecule has 1 saturated carbocycles. The van der Waals surface area contributed by atoms with Gasteiger partial charge in [0.25, 0.3) is 0 Å². The highest BCUT2D eigenvalue weighted by Crippen LogP contribution is 2.52. The van der Waals surface area contributed by atoms with Crippen LogP contribution in [0.5, 0.6) is 5.75 Å². The first kappa shape index (κ1) is 11.2. The summed E-state index contributed by atoms with van der Waals surface area (Å²) in [5.41, 5.74) is -0.690. The van der Waals surface area contributed by atoms with Gasteiger partial charge in [-0.1, -0.05) is 11.6 Å². The van der Waals surface area contributed by atoms with Gasteiger partial charge in [0.15, 0.2) is 11.6 Å². The molecule has 0 unspecified atom stereocenters. The lowest BCUT2D eigenvalue weighted by atomic mass is 9.95. The van der Waals surface area contributed by atoms with Crippen molar-refractivity contribution in [1.29, 1.82) is 0 Å². The minimum atomic E-state index is -1.02. The smallest absolute Gasteiger partial charge is 0.314 e. The highest BCUT2D eigenvalue weighted by Gasteiger charge is 2.53. The Morgan fingerprint density at radius 2 is 2.19 bits per heavy atom. The van der Waals surface area contributed by atoms with Gasteiger partial charge in [-0.3, -0.25) is 4.79 Å². The number of halogens is 2. The van der Waals surface area contributed by atoms with E-state index >= 15 is 0 Å². The standard InChI is InChI=1S/C11H10ClFO3/c1-16-9-7(4-6(12)5-8(9)13)11(2-3-11)10(14)15/h4-5H,2-3H2,1H3,(H,14,15). The van der Waals surface area contributed by atoms with E-state index in [0.717, 1.165) is 6.07 Å². The minimum absolute atomic E-state index is 0.0238. The molecular weight excluding hydrogens is 235 g/mol. The zero-order valence-corrected chi connectivity index (χ0v) is 9.34. The summed E-state index contributed by atoms with van der Waals surface area (Å²) in [6, 6.07) is 2.58. The monoisotopic (exact) mass is 244 g/mol. The molecule has 0 amide bonds. The van der Waals surface area contributed by atoms with Crippen molar-refractivity contribution < 1.29 is 19.0 Å². The van der Waals surface area contributed by atoms with Gasteiger partial charge in [0.1, 0.15) is 0 Å². The summed E-state index contributed by atoms with van der Waals surface area (Å²) in [6.07, 6.45) is 0.969. The molecule has 0 heterocycles. The Labute approximate surface area is 96.8 Å². The summed E-state index contributed by atoms with van der Waals surface area (Å²) < 4.78 is 18.4. The van der Waals surface area contributed by atoms with E-state index in [9.17, 15) is 9.18 Å². The highest BCUT2D eigenvalue weighted by atomic mass is 35.5. The maximum Gasteiger partial charge on any atom is 0.314 e. The van der Waals surface area contributed by atoms with Crippen molar-refractivity contribution in [3.05, 3.63) is 28.5 Å². The molecule has 0 bridgehead atoms.